The second kappa shape index (κ2) is 6.60. The molecule has 0 atom stereocenters. The summed E-state index contributed by atoms with van der Waals surface area (Å²) in [6.07, 6.45) is 0. The van der Waals surface area contributed by atoms with Gasteiger partial charge in [-0.2, -0.15) is 5.10 Å². The quantitative estimate of drug-likeness (QED) is 0.446. The van der Waals surface area contributed by atoms with E-state index < -0.39 is 11.2 Å². The molecule has 0 N–H and O–H groups in total. The van der Waals surface area contributed by atoms with Crippen molar-refractivity contribution in [3.05, 3.63) is 74.2 Å². The molecule has 2 aromatic carbocycles. The number of carbonyl (C=O) groups excluding carboxylic acids is 1. The first-order valence-corrected chi connectivity index (χ1v) is 9.43. The van der Waals surface area contributed by atoms with E-state index >= 15 is 0 Å². The molecule has 6 heteroatoms. The summed E-state index contributed by atoms with van der Waals surface area (Å²) in [5.74, 6) is -0.173. The Hall–Kier alpha value is -2.92. The molecule has 0 aliphatic carbocycles. The fourth-order valence-electron chi connectivity index (χ4n) is 3.46. The average molecular weight is 395 g/mol. The number of para-hydroxylation sites is 1. The number of halogens is 1. The number of carbonyl (C=O) groups is 1. The first-order valence-electron chi connectivity index (χ1n) is 9.05. The Labute approximate surface area is 166 Å². The largest absolute Gasteiger partial charge is 0.460 e. The molecule has 0 fully saturated rings. The molecule has 0 aliphatic rings. The number of aromatic nitrogens is 2. The molecule has 0 spiro atoms. The predicted molar refractivity (Wildman–Crippen MR) is 111 cm³/mol. The third kappa shape index (κ3) is 2.74. The highest BCUT2D eigenvalue weighted by Gasteiger charge is 2.25. The summed E-state index contributed by atoms with van der Waals surface area (Å²) in [5.41, 5.74) is 1.91. The van der Waals surface area contributed by atoms with Gasteiger partial charge in [-0.15, -0.1) is 0 Å². The minimum absolute atomic E-state index is 0.00780. The van der Waals surface area contributed by atoms with Crippen molar-refractivity contribution in [2.75, 3.05) is 0 Å². The molecule has 0 radical (unpaired) electrons. The van der Waals surface area contributed by atoms with Crippen LogP contribution in [0, 0.1) is 13.8 Å². The lowest BCUT2D eigenvalue weighted by atomic mass is 10.0. The number of hydrogen-bond acceptors (Lipinski definition) is 4. The van der Waals surface area contributed by atoms with Crippen LogP contribution >= 0.6 is 11.6 Å². The SMILES string of the molecule is Cc1cc2oc(C)c(C(=O)c3nn(C(C)C)c4ccccc34)c(=O)c2cc1Cl. The van der Waals surface area contributed by atoms with Crippen LogP contribution < -0.4 is 5.43 Å². The van der Waals surface area contributed by atoms with Gasteiger partial charge < -0.3 is 4.42 Å². The van der Waals surface area contributed by atoms with E-state index in [1.165, 1.54) is 0 Å². The fraction of sp³-hybridized carbons (Fsp3) is 0.227. The van der Waals surface area contributed by atoms with E-state index in [1.54, 1.807) is 23.7 Å². The lowest BCUT2D eigenvalue weighted by molar-refractivity contribution is 0.103. The topological polar surface area (TPSA) is 65.1 Å². The Morgan fingerprint density at radius 2 is 1.86 bits per heavy atom. The van der Waals surface area contributed by atoms with Gasteiger partial charge in [-0.1, -0.05) is 29.8 Å². The van der Waals surface area contributed by atoms with Crippen molar-refractivity contribution >= 4 is 39.3 Å². The van der Waals surface area contributed by atoms with E-state index in [1.807, 2.05) is 45.0 Å². The van der Waals surface area contributed by atoms with E-state index in [2.05, 4.69) is 5.10 Å². The molecule has 0 saturated carbocycles. The number of nitrogens with zero attached hydrogens (tertiary/aromatic N) is 2. The van der Waals surface area contributed by atoms with E-state index in [9.17, 15) is 9.59 Å². The van der Waals surface area contributed by atoms with Crippen molar-refractivity contribution in [1.29, 1.82) is 0 Å². The summed E-state index contributed by atoms with van der Waals surface area (Å²) < 4.78 is 7.60. The Kier molecular flexibility index (Phi) is 4.35. The highest BCUT2D eigenvalue weighted by Crippen LogP contribution is 2.27. The maximum Gasteiger partial charge on any atom is 0.221 e. The average Bonchev–Trinajstić information content (AvgIpc) is 3.03. The van der Waals surface area contributed by atoms with Crippen molar-refractivity contribution in [1.82, 2.24) is 9.78 Å². The van der Waals surface area contributed by atoms with Gasteiger partial charge in [0, 0.05) is 16.5 Å². The van der Waals surface area contributed by atoms with Crippen LogP contribution in [0.4, 0.5) is 0 Å². The van der Waals surface area contributed by atoms with Crippen LogP contribution in [0.5, 0.6) is 0 Å². The number of fused-ring (bicyclic) bond motifs is 2. The normalized spacial score (nSPS) is 11.6. The van der Waals surface area contributed by atoms with Crippen molar-refractivity contribution in [2.45, 2.75) is 33.7 Å². The van der Waals surface area contributed by atoms with Gasteiger partial charge in [0.25, 0.3) is 0 Å². The maximum absolute atomic E-state index is 13.4. The molecule has 0 unspecified atom stereocenters. The second-order valence-corrected chi connectivity index (χ2v) is 7.60. The van der Waals surface area contributed by atoms with Gasteiger partial charge in [-0.05, 0) is 51.5 Å². The molecule has 0 bridgehead atoms. The number of hydrogen-bond donors (Lipinski definition) is 0. The summed E-state index contributed by atoms with van der Waals surface area (Å²) >= 11 is 6.18. The molecular weight excluding hydrogens is 376 g/mol. The third-order valence-corrected chi connectivity index (χ3v) is 5.30. The van der Waals surface area contributed by atoms with Crippen molar-refractivity contribution in [3.8, 4) is 0 Å². The van der Waals surface area contributed by atoms with Gasteiger partial charge in [0.15, 0.2) is 0 Å². The second-order valence-electron chi connectivity index (χ2n) is 7.19. The first kappa shape index (κ1) is 18.4. The zero-order chi connectivity index (χ0) is 20.2. The third-order valence-electron chi connectivity index (χ3n) is 4.89. The van der Waals surface area contributed by atoms with E-state index in [4.69, 9.17) is 16.0 Å². The zero-order valence-corrected chi connectivity index (χ0v) is 16.8. The number of rotatable bonds is 3. The molecule has 4 rings (SSSR count). The van der Waals surface area contributed by atoms with Crippen LogP contribution in [0.15, 0.2) is 45.6 Å². The predicted octanol–water partition coefficient (Wildman–Crippen LogP) is 5.22. The van der Waals surface area contributed by atoms with Gasteiger partial charge in [-0.3, -0.25) is 14.3 Å². The molecule has 5 nitrogen and oxygen atoms in total. The van der Waals surface area contributed by atoms with Crippen molar-refractivity contribution in [2.24, 2.45) is 0 Å². The Balaban J connectivity index is 1.99. The minimum Gasteiger partial charge on any atom is -0.460 e. The van der Waals surface area contributed by atoms with Crippen LogP contribution in [0.1, 0.15) is 47.3 Å². The molecule has 0 amide bonds. The summed E-state index contributed by atoms with van der Waals surface area (Å²) in [6, 6.07) is 10.8. The molecule has 142 valence electrons. The Morgan fingerprint density at radius 1 is 1.14 bits per heavy atom. The van der Waals surface area contributed by atoms with Crippen LogP contribution in [-0.2, 0) is 0 Å². The van der Waals surface area contributed by atoms with Crippen LogP contribution in [-0.4, -0.2) is 15.6 Å². The van der Waals surface area contributed by atoms with Gasteiger partial charge in [0.1, 0.15) is 22.6 Å². The lowest BCUT2D eigenvalue weighted by Crippen LogP contribution is -2.19. The summed E-state index contributed by atoms with van der Waals surface area (Å²) in [6.45, 7) is 7.45. The van der Waals surface area contributed by atoms with Crippen LogP contribution in [0.25, 0.3) is 21.9 Å². The number of benzene rings is 2. The highest BCUT2D eigenvalue weighted by molar-refractivity contribution is 6.32. The Bertz CT molecular complexity index is 1320. The standard InChI is InChI=1S/C22H19ClN2O3/c1-11(2)25-17-8-6-5-7-14(17)20(24-25)22(27)19-13(4)28-18-9-12(3)16(23)10-15(18)21(19)26/h5-11H,1-4H3. The van der Waals surface area contributed by atoms with Gasteiger partial charge in [0.2, 0.25) is 11.2 Å². The molecule has 0 saturated heterocycles. The van der Waals surface area contributed by atoms with Crippen LogP contribution in [0.3, 0.4) is 0 Å². The smallest absolute Gasteiger partial charge is 0.221 e. The fourth-order valence-corrected chi connectivity index (χ4v) is 3.62. The Morgan fingerprint density at radius 3 is 2.57 bits per heavy atom. The summed E-state index contributed by atoms with van der Waals surface area (Å²) in [4.78, 5) is 26.5. The molecule has 4 aromatic rings. The first-order chi connectivity index (χ1) is 13.3. The summed E-state index contributed by atoms with van der Waals surface area (Å²) in [7, 11) is 0. The molecule has 0 aliphatic heterocycles. The monoisotopic (exact) mass is 394 g/mol. The summed E-state index contributed by atoms with van der Waals surface area (Å²) in [5, 5.41) is 5.97. The van der Waals surface area contributed by atoms with Gasteiger partial charge in [0.05, 0.1) is 10.9 Å². The molecule has 28 heavy (non-hydrogen) atoms. The van der Waals surface area contributed by atoms with Crippen molar-refractivity contribution < 1.29 is 9.21 Å². The molecule has 2 aromatic heterocycles. The molecule has 2 heterocycles. The number of aryl methyl sites for hydroxylation is 2. The van der Waals surface area contributed by atoms with E-state index in [-0.39, 0.29) is 28.4 Å². The van der Waals surface area contributed by atoms with E-state index in [0.29, 0.717) is 16.0 Å². The van der Waals surface area contributed by atoms with Crippen molar-refractivity contribution in [3.63, 3.8) is 0 Å². The number of ketones is 1. The maximum atomic E-state index is 13.4. The zero-order valence-electron chi connectivity index (χ0n) is 16.0. The van der Waals surface area contributed by atoms with E-state index in [0.717, 1.165) is 11.1 Å². The molecular formula is C22H19ClN2O3. The highest BCUT2D eigenvalue weighted by atomic mass is 35.5. The van der Waals surface area contributed by atoms with Gasteiger partial charge >= 0.3 is 0 Å². The minimum atomic E-state index is -0.444. The van der Waals surface area contributed by atoms with Gasteiger partial charge in [-0.25, -0.2) is 0 Å². The lowest BCUT2D eigenvalue weighted by Gasteiger charge is -2.07. The van der Waals surface area contributed by atoms with Crippen LogP contribution in [0.2, 0.25) is 5.02 Å².